The second-order valence-corrected chi connectivity index (χ2v) is 6.28. The van der Waals surface area contributed by atoms with Crippen LogP contribution in [0.1, 0.15) is 31.3 Å². The van der Waals surface area contributed by atoms with Crippen molar-refractivity contribution in [3.05, 3.63) is 28.2 Å². The Morgan fingerprint density at radius 2 is 2.06 bits per heavy atom. The molecule has 0 aromatic carbocycles. The molecule has 17 heavy (non-hydrogen) atoms. The van der Waals surface area contributed by atoms with Gasteiger partial charge in [0.15, 0.2) is 0 Å². The minimum Gasteiger partial charge on any atom is -0.326 e. The Bertz CT molecular complexity index is 517. The van der Waals surface area contributed by atoms with Crippen molar-refractivity contribution < 1.29 is 0 Å². The average molecular weight is 249 g/mol. The molecule has 3 nitrogen and oxygen atoms in total. The lowest BCUT2D eigenvalue weighted by Gasteiger charge is -2.17. The highest BCUT2D eigenvalue weighted by Crippen LogP contribution is 2.35. The first kappa shape index (κ1) is 12.3. The molecule has 0 unspecified atom stereocenters. The van der Waals surface area contributed by atoms with Crippen LogP contribution < -0.4 is 5.73 Å². The van der Waals surface area contributed by atoms with Gasteiger partial charge in [-0.15, -0.1) is 11.3 Å². The normalized spacial score (nSPS) is 12.1. The van der Waals surface area contributed by atoms with Crippen LogP contribution in [-0.4, -0.2) is 9.78 Å². The highest BCUT2D eigenvalue weighted by Gasteiger charge is 2.23. The molecule has 92 valence electrons. The van der Waals surface area contributed by atoms with Crippen LogP contribution in [0.3, 0.4) is 0 Å². The van der Waals surface area contributed by atoms with Crippen molar-refractivity contribution in [3.63, 3.8) is 0 Å². The van der Waals surface area contributed by atoms with Gasteiger partial charge in [-0.2, -0.15) is 5.10 Å². The van der Waals surface area contributed by atoms with E-state index in [0.717, 1.165) is 5.69 Å². The zero-order chi connectivity index (χ0) is 12.6. The van der Waals surface area contributed by atoms with E-state index in [1.165, 1.54) is 16.0 Å². The van der Waals surface area contributed by atoms with E-state index in [1.54, 1.807) is 11.3 Å². The van der Waals surface area contributed by atoms with Gasteiger partial charge < -0.3 is 5.73 Å². The van der Waals surface area contributed by atoms with Crippen molar-refractivity contribution >= 4 is 11.3 Å². The Kier molecular flexibility index (Phi) is 3.10. The monoisotopic (exact) mass is 249 g/mol. The minimum absolute atomic E-state index is 0.0460. The van der Waals surface area contributed by atoms with Crippen LogP contribution in [0.25, 0.3) is 11.1 Å². The number of hydrogen-bond donors (Lipinski definition) is 1. The quantitative estimate of drug-likeness (QED) is 0.889. The zero-order valence-corrected chi connectivity index (χ0v) is 11.6. The third kappa shape index (κ3) is 2.28. The lowest BCUT2D eigenvalue weighted by Crippen LogP contribution is -2.14. The standard InChI is InChI=1S/C13H19N3S/c1-13(2,3)12-10(8-16(4)15-12)9-5-6-17-11(9)7-14/h5-6,8H,7,14H2,1-4H3. The minimum atomic E-state index is 0.0460. The molecule has 0 atom stereocenters. The van der Waals surface area contributed by atoms with Crippen LogP contribution in [0.5, 0.6) is 0 Å². The largest absolute Gasteiger partial charge is 0.326 e. The number of nitrogens with two attached hydrogens (primary N) is 1. The van der Waals surface area contributed by atoms with Gasteiger partial charge in [0.2, 0.25) is 0 Å². The van der Waals surface area contributed by atoms with Crippen molar-refractivity contribution in [2.24, 2.45) is 12.8 Å². The first-order valence-corrected chi connectivity index (χ1v) is 6.62. The van der Waals surface area contributed by atoms with Crippen molar-refractivity contribution in [1.82, 2.24) is 9.78 Å². The Labute approximate surface area is 106 Å². The summed E-state index contributed by atoms with van der Waals surface area (Å²) >= 11 is 1.71. The molecule has 0 radical (unpaired) electrons. The van der Waals surface area contributed by atoms with Gasteiger partial charge >= 0.3 is 0 Å². The summed E-state index contributed by atoms with van der Waals surface area (Å²) in [5.74, 6) is 0. The summed E-state index contributed by atoms with van der Waals surface area (Å²) < 4.78 is 1.88. The number of aryl methyl sites for hydroxylation is 1. The Morgan fingerprint density at radius 3 is 2.65 bits per heavy atom. The van der Waals surface area contributed by atoms with E-state index in [4.69, 9.17) is 5.73 Å². The SMILES string of the molecule is Cn1cc(-c2ccsc2CN)c(C(C)(C)C)n1. The van der Waals surface area contributed by atoms with Gasteiger partial charge in [0.25, 0.3) is 0 Å². The smallest absolute Gasteiger partial charge is 0.0756 e. The molecule has 0 aliphatic heterocycles. The van der Waals surface area contributed by atoms with Crippen LogP contribution in [-0.2, 0) is 19.0 Å². The maximum Gasteiger partial charge on any atom is 0.0756 e. The van der Waals surface area contributed by atoms with Crippen molar-refractivity contribution in [2.45, 2.75) is 32.7 Å². The van der Waals surface area contributed by atoms with Gasteiger partial charge in [0.05, 0.1) is 5.69 Å². The van der Waals surface area contributed by atoms with Gasteiger partial charge in [-0.3, -0.25) is 4.68 Å². The molecule has 0 aliphatic carbocycles. The van der Waals surface area contributed by atoms with Crippen LogP contribution in [0, 0.1) is 0 Å². The number of rotatable bonds is 2. The average Bonchev–Trinajstić information content (AvgIpc) is 2.81. The van der Waals surface area contributed by atoms with E-state index in [0.29, 0.717) is 6.54 Å². The van der Waals surface area contributed by atoms with Gasteiger partial charge in [-0.05, 0) is 11.4 Å². The summed E-state index contributed by atoms with van der Waals surface area (Å²) in [5.41, 5.74) is 9.40. The van der Waals surface area contributed by atoms with Gasteiger partial charge in [0, 0.05) is 41.2 Å². The Balaban J connectivity index is 2.60. The van der Waals surface area contributed by atoms with E-state index in [1.807, 2.05) is 11.7 Å². The molecule has 0 saturated carbocycles. The molecule has 0 aliphatic rings. The molecule has 4 heteroatoms. The van der Waals surface area contributed by atoms with Gasteiger partial charge in [-0.1, -0.05) is 20.8 Å². The fourth-order valence-corrected chi connectivity index (χ4v) is 2.75. The first-order chi connectivity index (χ1) is 7.93. The molecule has 0 fully saturated rings. The third-order valence-corrected chi connectivity index (χ3v) is 3.70. The van der Waals surface area contributed by atoms with E-state index in [9.17, 15) is 0 Å². The summed E-state index contributed by atoms with van der Waals surface area (Å²) in [5, 5.41) is 6.69. The van der Waals surface area contributed by atoms with Gasteiger partial charge in [-0.25, -0.2) is 0 Å². The number of hydrogen-bond acceptors (Lipinski definition) is 3. The highest BCUT2D eigenvalue weighted by atomic mass is 32.1. The molecule has 2 aromatic rings. The predicted molar refractivity (Wildman–Crippen MR) is 73.1 cm³/mol. The molecule has 0 bridgehead atoms. The van der Waals surface area contributed by atoms with E-state index in [2.05, 4.69) is 43.5 Å². The van der Waals surface area contributed by atoms with Crippen LogP contribution in [0.4, 0.5) is 0 Å². The first-order valence-electron chi connectivity index (χ1n) is 5.74. The summed E-state index contributed by atoms with van der Waals surface area (Å²) in [6.45, 7) is 7.15. The maximum atomic E-state index is 5.78. The van der Waals surface area contributed by atoms with E-state index in [-0.39, 0.29) is 5.41 Å². The topological polar surface area (TPSA) is 43.8 Å². The lowest BCUT2D eigenvalue weighted by atomic mass is 9.87. The van der Waals surface area contributed by atoms with E-state index >= 15 is 0 Å². The molecule has 0 amide bonds. The van der Waals surface area contributed by atoms with Crippen LogP contribution >= 0.6 is 11.3 Å². The summed E-state index contributed by atoms with van der Waals surface area (Å²) in [7, 11) is 1.97. The maximum absolute atomic E-state index is 5.78. The Hall–Kier alpha value is -1.13. The second-order valence-electron chi connectivity index (χ2n) is 5.28. The van der Waals surface area contributed by atoms with Crippen molar-refractivity contribution in [2.75, 3.05) is 0 Å². The zero-order valence-electron chi connectivity index (χ0n) is 10.8. The molecule has 2 N–H and O–H groups in total. The number of aromatic nitrogens is 2. The van der Waals surface area contributed by atoms with Gasteiger partial charge in [0.1, 0.15) is 0 Å². The fraction of sp³-hybridized carbons (Fsp3) is 0.462. The molecular formula is C13H19N3S. The molecule has 2 rings (SSSR count). The molecule has 2 heterocycles. The number of nitrogens with zero attached hydrogens (tertiary/aromatic N) is 2. The molecule has 0 saturated heterocycles. The van der Waals surface area contributed by atoms with Crippen molar-refractivity contribution in [3.8, 4) is 11.1 Å². The molecular weight excluding hydrogens is 230 g/mol. The lowest BCUT2D eigenvalue weighted by molar-refractivity contribution is 0.554. The summed E-state index contributed by atoms with van der Waals surface area (Å²) in [4.78, 5) is 1.23. The van der Waals surface area contributed by atoms with Crippen LogP contribution in [0.15, 0.2) is 17.6 Å². The third-order valence-electron chi connectivity index (χ3n) is 2.76. The predicted octanol–water partition coefficient (Wildman–Crippen LogP) is 2.90. The highest BCUT2D eigenvalue weighted by molar-refractivity contribution is 7.10. The Morgan fingerprint density at radius 1 is 1.35 bits per heavy atom. The second kappa shape index (κ2) is 4.27. The van der Waals surface area contributed by atoms with Crippen LogP contribution in [0.2, 0.25) is 0 Å². The summed E-state index contributed by atoms with van der Waals surface area (Å²) in [6, 6.07) is 2.14. The van der Waals surface area contributed by atoms with E-state index < -0.39 is 0 Å². The fourth-order valence-electron chi connectivity index (χ4n) is 1.98. The molecule has 0 spiro atoms. The van der Waals surface area contributed by atoms with Crippen molar-refractivity contribution in [1.29, 1.82) is 0 Å². The molecule has 2 aromatic heterocycles. The number of thiophene rings is 1. The summed E-state index contributed by atoms with van der Waals surface area (Å²) in [6.07, 6.45) is 2.09.